The number of thioether (sulfide) groups is 1. The van der Waals surface area contributed by atoms with Gasteiger partial charge in [0.1, 0.15) is 5.75 Å². The number of phenols is 1. The zero-order chi connectivity index (χ0) is 12.0. The Labute approximate surface area is 99.2 Å². The Balaban J connectivity index is 3.07. The van der Waals surface area contributed by atoms with E-state index in [-0.39, 0.29) is 5.75 Å². The fourth-order valence-electron chi connectivity index (χ4n) is 1.35. The normalized spacial score (nSPS) is 10.9. The molecule has 5 heteroatoms. The standard InChI is InChI=1S/C11H13N3OS/c1-3-14(11(16-2)13-8-12)9-5-4-6-10(15)7-9/h4-7,15H,3H2,1-2H3. The summed E-state index contributed by atoms with van der Waals surface area (Å²) >= 11 is 1.40. The third kappa shape index (κ3) is 2.91. The molecule has 0 heterocycles. The van der Waals surface area contributed by atoms with Crippen molar-refractivity contribution in [3.05, 3.63) is 24.3 Å². The van der Waals surface area contributed by atoms with E-state index in [1.807, 2.05) is 24.1 Å². The van der Waals surface area contributed by atoms with Gasteiger partial charge in [0.15, 0.2) is 5.17 Å². The molecule has 0 saturated carbocycles. The lowest BCUT2D eigenvalue weighted by atomic mass is 10.3. The van der Waals surface area contributed by atoms with E-state index < -0.39 is 0 Å². The van der Waals surface area contributed by atoms with E-state index in [4.69, 9.17) is 5.26 Å². The summed E-state index contributed by atoms with van der Waals surface area (Å²) in [6.45, 7) is 2.65. The van der Waals surface area contributed by atoms with Gasteiger partial charge in [0.25, 0.3) is 0 Å². The topological polar surface area (TPSA) is 59.6 Å². The summed E-state index contributed by atoms with van der Waals surface area (Å²) in [4.78, 5) is 5.62. The minimum atomic E-state index is 0.202. The number of phenolic OH excluding ortho intramolecular Hbond substituents is 1. The summed E-state index contributed by atoms with van der Waals surface area (Å²) in [6.07, 6.45) is 3.64. The smallest absolute Gasteiger partial charge is 0.208 e. The predicted molar refractivity (Wildman–Crippen MR) is 67.7 cm³/mol. The zero-order valence-corrected chi connectivity index (χ0v) is 10.0. The lowest BCUT2D eigenvalue weighted by molar-refractivity contribution is 0.475. The van der Waals surface area contributed by atoms with Gasteiger partial charge in [-0.1, -0.05) is 17.8 Å². The molecule has 0 fully saturated rings. The average Bonchev–Trinajstić information content (AvgIpc) is 2.29. The number of benzene rings is 1. The van der Waals surface area contributed by atoms with Crippen LogP contribution in [0.5, 0.6) is 5.75 Å². The fraction of sp³-hybridized carbons (Fsp3) is 0.273. The van der Waals surface area contributed by atoms with Gasteiger partial charge in [-0.2, -0.15) is 5.26 Å². The van der Waals surface area contributed by atoms with Crippen LogP contribution in [0.2, 0.25) is 0 Å². The molecule has 1 N–H and O–H groups in total. The highest BCUT2D eigenvalue weighted by Crippen LogP contribution is 2.22. The molecule has 1 aromatic rings. The second-order valence-electron chi connectivity index (χ2n) is 2.96. The molecule has 0 unspecified atom stereocenters. The van der Waals surface area contributed by atoms with Crippen molar-refractivity contribution in [2.24, 2.45) is 4.99 Å². The van der Waals surface area contributed by atoms with E-state index in [1.54, 1.807) is 24.4 Å². The highest BCUT2D eigenvalue weighted by atomic mass is 32.2. The minimum Gasteiger partial charge on any atom is -0.508 e. The minimum absolute atomic E-state index is 0.202. The molecule has 0 amide bonds. The number of aliphatic imine (C=N–C) groups is 1. The van der Waals surface area contributed by atoms with Gasteiger partial charge in [0.05, 0.1) is 0 Å². The van der Waals surface area contributed by atoms with E-state index >= 15 is 0 Å². The number of amidine groups is 1. The van der Waals surface area contributed by atoms with E-state index in [0.29, 0.717) is 11.7 Å². The van der Waals surface area contributed by atoms with Crippen molar-refractivity contribution < 1.29 is 5.11 Å². The number of hydrogen-bond acceptors (Lipinski definition) is 4. The lowest BCUT2D eigenvalue weighted by Crippen LogP contribution is -2.27. The van der Waals surface area contributed by atoms with Crippen LogP contribution in [0.4, 0.5) is 5.69 Å². The zero-order valence-electron chi connectivity index (χ0n) is 9.21. The molecule has 0 aromatic heterocycles. The molecule has 0 spiro atoms. The van der Waals surface area contributed by atoms with Crippen LogP contribution in [0, 0.1) is 11.5 Å². The van der Waals surface area contributed by atoms with E-state index in [2.05, 4.69) is 4.99 Å². The predicted octanol–water partition coefficient (Wildman–Crippen LogP) is 2.42. The number of hydrogen-bond donors (Lipinski definition) is 1. The van der Waals surface area contributed by atoms with E-state index in [9.17, 15) is 5.11 Å². The van der Waals surface area contributed by atoms with Gasteiger partial charge in [-0.15, -0.1) is 4.99 Å². The molecule has 0 saturated heterocycles. The lowest BCUT2D eigenvalue weighted by Gasteiger charge is -2.22. The maximum Gasteiger partial charge on any atom is 0.208 e. The van der Waals surface area contributed by atoms with Crippen molar-refractivity contribution >= 4 is 22.6 Å². The first-order valence-electron chi connectivity index (χ1n) is 4.80. The second-order valence-corrected chi connectivity index (χ2v) is 3.74. The number of rotatable bonds is 2. The maximum absolute atomic E-state index is 9.40. The van der Waals surface area contributed by atoms with Crippen molar-refractivity contribution in [2.45, 2.75) is 6.92 Å². The van der Waals surface area contributed by atoms with Crippen LogP contribution in [0.25, 0.3) is 0 Å². The molecule has 0 bridgehead atoms. The fourth-order valence-corrected chi connectivity index (χ4v) is 1.94. The SMILES string of the molecule is CCN(C(=NC#N)SC)c1cccc(O)c1. The van der Waals surface area contributed by atoms with Crippen LogP contribution in [0.3, 0.4) is 0 Å². The first-order valence-corrected chi connectivity index (χ1v) is 6.02. The van der Waals surface area contributed by atoms with E-state index in [1.165, 1.54) is 11.8 Å². The molecule has 84 valence electrons. The largest absolute Gasteiger partial charge is 0.508 e. The molecular formula is C11H13N3OS. The van der Waals surface area contributed by atoms with Gasteiger partial charge in [-0.3, -0.25) is 0 Å². The number of anilines is 1. The van der Waals surface area contributed by atoms with Gasteiger partial charge in [0, 0.05) is 18.3 Å². The molecule has 1 aromatic carbocycles. The third-order valence-corrected chi connectivity index (χ3v) is 2.69. The summed E-state index contributed by atoms with van der Waals surface area (Å²) in [5.41, 5.74) is 0.825. The number of nitriles is 1. The van der Waals surface area contributed by atoms with Gasteiger partial charge in [-0.25, -0.2) is 0 Å². The summed E-state index contributed by atoms with van der Waals surface area (Å²) < 4.78 is 0. The van der Waals surface area contributed by atoms with E-state index in [0.717, 1.165) is 5.69 Å². The molecule has 4 nitrogen and oxygen atoms in total. The van der Waals surface area contributed by atoms with Crippen molar-refractivity contribution in [3.8, 4) is 11.9 Å². The third-order valence-electron chi connectivity index (χ3n) is 2.02. The summed E-state index contributed by atoms with van der Waals surface area (Å²) in [5.74, 6) is 0.202. The Morgan fingerprint density at radius 3 is 2.88 bits per heavy atom. The van der Waals surface area contributed by atoms with Crippen molar-refractivity contribution in [1.29, 1.82) is 5.26 Å². The molecule has 0 aliphatic rings. The quantitative estimate of drug-likeness (QED) is 0.486. The Morgan fingerprint density at radius 2 is 2.38 bits per heavy atom. The monoisotopic (exact) mass is 235 g/mol. The Hall–Kier alpha value is -1.67. The highest BCUT2D eigenvalue weighted by Gasteiger charge is 2.11. The molecule has 0 atom stereocenters. The van der Waals surface area contributed by atoms with Gasteiger partial charge in [-0.05, 0) is 25.3 Å². The molecule has 0 aliphatic carbocycles. The van der Waals surface area contributed by atoms with Crippen LogP contribution in [0.15, 0.2) is 29.3 Å². The number of nitrogens with zero attached hydrogens (tertiary/aromatic N) is 3. The van der Waals surface area contributed by atoms with Crippen LogP contribution >= 0.6 is 11.8 Å². The van der Waals surface area contributed by atoms with Gasteiger partial charge in [0.2, 0.25) is 6.19 Å². The molecule has 0 radical (unpaired) electrons. The maximum atomic E-state index is 9.40. The number of aromatic hydroxyl groups is 1. The van der Waals surface area contributed by atoms with Crippen LogP contribution in [-0.4, -0.2) is 23.1 Å². The van der Waals surface area contributed by atoms with Crippen LogP contribution in [0.1, 0.15) is 6.92 Å². The Bertz CT molecular complexity index is 425. The highest BCUT2D eigenvalue weighted by molar-refractivity contribution is 8.13. The molecule has 16 heavy (non-hydrogen) atoms. The first kappa shape index (κ1) is 12.4. The average molecular weight is 235 g/mol. The van der Waals surface area contributed by atoms with Crippen molar-refractivity contribution in [3.63, 3.8) is 0 Å². The van der Waals surface area contributed by atoms with Crippen molar-refractivity contribution in [2.75, 3.05) is 17.7 Å². The second kappa shape index (κ2) is 6.03. The van der Waals surface area contributed by atoms with Crippen LogP contribution < -0.4 is 4.90 Å². The summed E-state index contributed by atoms with van der Waals surface area (Å²) in [6, 6.07) is 6.88. The summed E-state index contributed by atoms with van der Waals surface area (Å²) in [7, 11) is 0. The van der Waals surface area contributed by atoms with Crippen LogP contribution in [-0.2, 0) is 0 Å². The van der Waals surface area contributed by atoms with Crippen molar-refractivity contribution in [1.82, 2.24) is 0 Å². The Kier molecular flexibility index (Phi) is 4.67. The van der Waals surface area contributed by atoms with Gasteiger partial charge >= 0.3 is 0 Å². The molecule has 0 aliphatic heterocycles. The first-order chi connectivity index (χ1) is 7.72. The summed E-state index contributed by atoms with van der Waals surface area (Å²) in [5, 5.41) is 18.6. The molecule has 1 rings (SSSR count). The Morgan fingerprint density at radius 1 is 1.62 bits per heavy atom. The van der Waals surface area contributed by atoms with Gasteiger partial charge < -0.3 is 10.0 Å². The molecular weight excluding hydrogens is 222 g/mol.